The van der Waals surface area contributed by atoms with E-state index in [0.29, 0.717) is 44.0 Å². The van der Waals surface area contributed by atoms with Gasteiger partial charge in [-0.2, -0.15) is 0 Å². The minimum Gasteiger partial charge on any atom is -0.489 e. The van der Waals surface area contributed by atoms with E-state index in [-0.39, 0.29) is 0 Å². The molecule has 2 aromatic carbocycles. The van der Waals surface area contributed by atoms with Gasteiger partial charge in [0.05, 0.1) is 11.1 Å². The van der Waals surface area contributed by atoms with Crippen LogP contribution in [0.2, 0.25) is 0 Å². The van der Waals surface area contributed by atoms with Crippen LogP contribution in [0, 0.1) is 5.82 Å². The zero-order valence-electron chi connectivity index (χ0n) is 15.7. The fourth-order valence-corrected chi connectivity index (χ4v) is 3.83. The molecule has 29 heavy (non-hydrogen) atoms. The van der Waals surface area contributed by atoms with Crippen molar-refractivity contribution in [1.29, 1.82) is 0 Å². The Hall–Kier alpha value is -3.03. The molecular weight excluding hydrogens is 373 g/mol. The Kier molecular flexibility index (Phi) is 4.41. The molecule has 148 valence electrons. The Morgan fingerprint density at radius 3 is 2.83 bits per heavy atom. The Balaban J connectivity index is 1.38. The predicted molar refractivity (Wildman–Crippen MR) is 105 cm³/mol. The monoisotopic (exact) mass is 393 g/mol. The summed E-state index contributed by atoms with van der Waals surface area (Å²) in [6.07, 6.45) is 2.57. The molecule has 5 rings (SSSR count). The molecule has 1 aliphatic rings. The Morgan fingerprint density at radius 2 is 1.97 bits per heavy atom. The van der Waals surface area contributed by atoms with Gasteiger partial charge in [-0.05, 0) is 52.9 Å². The van der Waals surface area contributed by atoms with Gasteiger partial charge in [0.15, 0.2) is 5.65 Å². The van der Waals surface area contributed by atoms with E-state index in [1.165, 1.54) is 12.1 Å². The lowest BCUT2D eigenvalue weighted by Crippen LogP contribution is -2.33. The molecule has 1 aliphatic heterocycles. The minimum atomic E-state index is -1.08. The van der Waals surface area contributed by atoms with Gasteiger partial charge >= 0.3 is 0 Å². The van der Waals surface area contributed by atoms with Gasteiger partial charge in [0.25, 0.3) is 0 Å². The van der Waals surface area contributed by atoms with E-state index in [2.05, 4.69) is 10.2 Å². The first-order valence-corrected chi connectivity index (χ1v) is 9.56. The number of ether oxygens (including phenoxy) is 2. The second-order valence-electron chi connectivity index (χ2n) is 7.39. The van der Waals surface area contributed by atoms with Crippen LogP contribution in [0.15, 0.2) is 54.9 Å². The summed E-state index contributed by atoms with van der Waals surface area (Å²) in [5, 5.41) is 19.9. The van der Waals surface area contributed by atoms with Crippen molar-refractivity contribution in [3.63, 3.8) is 0 Å². The Labute approximate surface area is 166 Å². The average Bonchev–Trinajstić information content (AvgIpc) is 3.21. The number of aliphatic hydroxyl groups is 1. The van der Waals surface area contributed by atoms with Crippen LogP contribution in [0.1, 0.15) is 24.0 Å². The first-order valence-electron chi connectivity index (χ1n) is 9.56. The van der Waals surface area contributed by atoms with Crippen LogP contribution in [0.4, 0.5) is 4.39 Å². The van der Waals surface area contributed by atoms with Gasteiger partial charge in [-0.3, -0.25) is 4.40 Å². The molecule has 7 heteroatoms. The number of aromatic nitrogens is 3. The number of hydrogen-bond acceptors (Lipinski definition) is 5. The van der Waals surface area contributed by atoms with Crippen LogP contribution in [0.25, 0.3) is 16.6 Å². The van der Waals surface area contributed by atoms with Crippen molar-refractivity contribution >= 4 is 16.6 Å². The topological polar surface area (TPSA) is 68.9 Å². The third kappa shape index (κ3) is 3.43. The average molecular weight is 393 g/mol. The summed E-state index contributed by atoms with van der Waals surface area (Å²) in [6.45, 7) is 1.21. The highest BCUT2D eigenvalue weighted by Gasteiger charge is 2.32. The van der Waals surface area contributed by atoms with Crippen molar-refractivity contribution in [3.05, 3.63) is 71.8 Å². The molecule has 0 bridgehead atoms. The fraction of sp³-hybridized carbons (Fsp3) is 0.273. The summed E-state index contributed by atoms with van der Waals surface area (Å²) >= 11 is 0. The van der Waals surface area contributed by atoms with Crippen LogP contribution in [-0.4, -0.2) is 32.9 Å². The van der Waals surface area contributed by atoms with Crippen molar-refractivity contribution in [2.24, 2.45) is 0 Å². The molecule has 0 aliphatic carbocycles. The Morgan fingerprint density at radius 1 is 1.10 bits per heavy atom. The van der Waals surface area contributed by atoms with E-state index < -0.39 is 11.4 Å². The highest BCUT2D eigenvalue weighted by molar-refractivity contribution is 5.82. The molecule has 4 aromatic rings. The quantitative estimate of drug-likeness (QED) is 0.574. The number of rotatable bonds is 4. The van der Waals surface area contributed by atoms with Crippen molar-refractivity contribution in [2.45, 2.75) is 25.0 Å². The van der Waals surface area contributed by atoms with Crippen molar-refractivity contribution < 1.29 is 19.0 Å². The van der Waals surface area contributed by atoms with E-state index in [1.54, 1.807) is 12.4 Å². The normalized spacial score (nSPS) is 16.3. The number of hydrogen-bond donors (Lipinski definition) is 1. The first-order chi connectivity index (χ1) is 14.1. The van der Waals surface area contributed by atoms with Gasteiger partial charge in [0, 0.05) is 32.1 Å². The summed E-state index contributed by atoms with van der Waals surface area (Å²) in [6, 6.07) is 14.3. The predicted octanol–water partition coefficient (Wildman–Crippen LogP) is 3.60. The molecule has 1 N–H and O–H groups in total. The van der Waals surface area contributed by atoms with E-state index in [9.17, 15) is 9.50 Å². The molecule has 0 saturated carbocycles. The number of halogens is 1. The fourth-order valence-electron chi connectivity index (χ4n) is 3.83. The summed E-state index contributed by atoms with van der Waals surface area (Å²) in [5.74, 6) is -0.0276. The van der Waals surface area contributed by atoms with Gasteiger partial charge in [0.1, 0.15) is 24.5 Å². The summed E-state index contributed by atoms with van der Waals surface area (Å²) in [7, 11) is 0. The third-order valence-electron chi connectivity index (χ3n) is 5.47. The number of pyridine rings is 1. The smallest absolute Gasteiger partial charge is 0.161 e. The van der Waals surface area contributed by atoms with Crippen molar-refractivity contribution in [1.82, 2.24) is 14.6 Å². The number of nitrogens with zero attached hydrogens (tertiary/aromatic N) is 3. The Bertz CT molecular complexity index is 1180. The van der Waals surface area contributed by atoms with E-state index in [4.69, 9.17) is 9.47 Å². The number of fused-ring (bicyclic) bond motifs is 3. The molecular formula is C22H20FN3O3. The van der Waals surface area contributed by atoms with Gasteiger partial charge in [0.2, 0.25) is 0 Å². The van der Waals surface area contributed by atoms with Crippen LogP contribution in [0.5, 0.6) is 5.75 Å². The molecule has 0 amide bonds. The van der Waals surface area contributed by atoms with Crippen LogP contribution in [-0.2, 0) is 16.9 Å². The van der Waals surface area contributed by atoms with E-state index >= 15 is 0 Å². The van der Waals surface area contributed by atoms with Crippen LogP contribution in [0.3, 0.4) is 0 Å². The summed E-state index contributed by atoms with van der Waals surface area (Å²) in [4.78, 5) is 0. The van der Waals surface area contributed by atoms with Crippen LogP contribution < -0.4 is 4.74 Å². The maximum absolute atomic E-state index is 14.2. The molecule has 3 heterocycles. The SMILES string of the molecule is OC1(c2cc(F)cc(OCc3ccc4c(ccc5nncn54)c3)c2)CCOCC1. The first kappa shape index (κ1) is 18.0. The third-order valence-corrected chi connectivity index (χ3v) is 5.47. The lowest BCUT2D eigenvalue weighted by Gasteiger charge is -2.32. The maximum Gasteiger partial charge on any atom is 0.161 e. The molecule has 2 aromatic heterocycles. The van der Waals surface area contributed by atoms with Gasteiger partial charge in [-0.15, -0.1) is 10.2 Å². The number of benzene rings is 2. The van der Waals surface area contributed by atoms with Gasteiger partial charge in [-0.25, -0.2) is 4.39 Å². The molecule has 6 nitrogen and oxygen atoms in total. The second-order valence-corrected chi connectivity index (χ2v) is 7.39. The largest absolute Gasteiger partial charge is 0.489 e. The molecule has 0 spiro atoms. The minimum absolute atomic E-state index is 0.292. The zero-order chi connectivity index (χ0) is 19.8. The van der Waals surface area contributed by atoms with Crippen molar-refractivity contribution in [2.75, 3.05) is 13.2 Å². The zero-order valence-corrected chi connectivity index (χ0v) is 15.7. The lowest BCUT2D eigenvalue weighted by atomic mass is 9.86. The molecule has 0 radical (unpaired) electrons. The van der Waals surface area contributed by atoms with Crippen LogP contribution >= 0.6 is 0 Å². The standard InChI is InChI=1S/C22H20FN3O3/c23-18-10-17(22(27)5-7-28-8-6-22)11-19(12-18)29-13-15-1-3-20-16(9-15)2-4-21-25-24-14-26(20)21/h1-4,9-12,14,27H,5-8,13H2. The molecule has 0 atom stereocenters. The summed E-state index contributed by atoms with van der Waals surface area (Å²) in [5.41, 5.74) is 2.21. The van der Waals surface area contributed by atoms with Crippen molar-refractivity contribution in [3.8, 4) is 5.75 Å². The highest BCUT2D eigenvalue weighted by Crippen LogP contribution is 2.34. The summed E-state index contributed by atoms with van der Waals surface area (Å²) < 4.78 is 27.3. The maximum atomic E-state index is 14.2. The highest BCUT2D eigenvalue weighted by atomic mass is 19.1. The lowest BCUT2D eigenvalue weighted by molar-refractivity contribution is -0.0681. The molecule has 1 fully saturated rings. The van der Waals surface area contributed by atoms with E-state index in [1.807, 2.05) is 34.7 Å². The molecule has 1 saturated heterocycles. The van der Waals surface area contributed by atoms with E-state index in [0.717, 1.165) is 22.1 Å². The van der Waals surface area contributed by atoms with Gasteiger partial charge in [-0.1, -0.05) is 6.07 Å². The van der Waals surface area contributed by atoms with Gasteiger partial charge < -0.3 is 14.6 Å². The molecule has 0 unspecified atom stereocenters. The second kappa shape index (κ2) is 7.09.